The molecule has 0 radical (unpaired) electrons. The highest BCUT2D eigenvalue weighted by Gasteiger charge is 2.45. The Morgan fingerprint density at radius 1 is 1.06 bits per heavy atom. The van der Waals surface area contributed by atoms with E-state index < -0.39 is 5.54 Å². The summed E-state index contributed by atoms with van der Waals surface area (Å²) < 4.78 is 13.0. The average Bonchev–Trinajstić information content (AvgIpc) is 3.58. The summed E-state index contributed by atoms with van der Waals surface area (Å²) in [6.07, 6.45) is 4.91. The summed E-state index contributed by atoms with van der Waals surface area (Å²) in [6.45, 7) is 4.72. The Bertz CT molecular complexity index is 1380. The highest BCUT2D eigenvalue weighted by atomic mass is 16.5. The second-order valence-electron chi connectivity index (χ2n) is 8.86. The number of rotatable bonds is 5. The number of carbonyl (C=O) groups excluding carboxylic acids is 1. The first-order valence-electron chi connectivity index (χ1n) is 11.3. The summed E-state index contributed by atoms with van der Waals surface area (Å²) in [5, 5.41) is 8.50. The molecule has 2 aromatic carbocycles. The predicted molar refractivity (Wildman–Crippen MR) is 128 cm³/mol. The molecule has 5 rings (SSSR count). The Balaban J connectivity index is 1.61. The van der Waals surface area contributed by atoms with E-state index >= 15 is 0 Å². The van der Waals surface area contributed by atoms with Crippen molar-refractivity contribution in [3.63, 3.8) is 0 Å². The molecule has 0 N–H and O–H groups in total. The Morgan fingerprint density at radius 3 is 2.47 bits per heavy atom. The molecule has 9 nitrogen and oxygen atoms in total. The third-order valence-corrected chi connectivity index (χ3v) is 6.77. The quantitative estimate of drug-likeness (QED) is 0.452. The number of fused-ring (bicyclic) bond motifs is 1. The molecule has 0 bridgehead atoms. The van der Waals surface area contributed by atoms with Crippen LogP contribution in [-0.4, -0.2) is 56.1 Å². The van der Waals surface area contributed by atoms with Gasteiger partial charge in [0.05, 0.1) is 54.4 Å². The van der Waals surface area contributed by atoms with Gasteiger partial charge in [0.15, 0.2) is 11.5 Å². The van der Waals surface area contributed by atoms with Gasteiger partial charge in [-0.25, -0.2) is 4.98 Å². The fourth-order valence-corrected chi connectivity index (χ4v) is 5.00. The normalized spacial score (nSPS) is 18.0. The van der Waals surface area contributed by atoms with Gasteiger partial charge in [-0.15, -0.1) is 0 Å². The fourth-order valence-electron chi connectivity index (χ4n) is 5.00. The summed E-state index contributed by atoms with van der Waals surface area (Å²) in [7, 11) is 5.21. The molecular weight excluding hydrogens is 432 g/mol. The summed E-state index contributed by atoms with van der Waals surface area (Å²) in [6, 6.07) is 9.57. The van der Waals surface area contributed by atoms with Crippen LogP contribution in [0.3, 0.4) is 0 Å². The number of aryl methyl sites for hydroxylation is 2. The minimum absolute atomic E-state index is 0.0572. The number of likely N-dealkylation sites (tertiary alicyclic amines) is 1. The standard InChI is InChI=1S/C25H28N6O3/c1-16-7-8-19(31-26-10-11-27-31)17(13-16)23(32)30-12-6-9-25(30,2)24-28-18-14-21(33-4)22(34-5)15-20(18)29(24)3/h7-8,10-11,13-15H,6,9,12H2,1-5H3/t25-/m0/s1. The number of ether oxygens (including phenoxy) is 2. The van der Waals surface area contributed by atoms with E-state index in [2.05, 4.69) is 21.7 Å². The Labute approximate surface area is 197 Å². The zero-order chi connectivity index (χ0) is 24.0. The highest BCUT2D eigenvalue weighted by Crippen LogP contribution is 2.41. The SMILES string of the molecule is COc1cc2nc([C@]3(C)CCCN3C(=O)c3cc(C)ccc3-n3nccn3)n(C)c2cc1OC. The van der Waals surface area contributed by atoms with E-state index in [1.807, 2.05) is 49.2 Å². The maximum absolute atomic E-state index is 14.0. The van der Waals surface area contributed by atoms with Crippen LogP contribution >= 0.6 is 0 Å². The molecule has 9 heteroatoms. The van der Waals surface area contributed by atoms with Gasteiger partial charge in [-0.1, -0.05) is 11.6 Å². The summed E-state index contributed by atoms with van der Waals surface area (Å²) in [5.74, 6) is 2.04. The van der Waals surface area contributed by atoms with Crippen LogP contribution in [0.15, 0.2) is 42.7 Å². The van der Waals surface area contributed by atoms with Crippen molar-refractivity contribution in [2.75, 3.05) is 20.8 Å². The molecule has 1 aliphatic heterocycles. The van der Waals surface area contributed by atoms with Gasteiger partial charge in [0.2, 0.25) is 0 Å². The van der Waals surface area contributed by atoms with E-state index in [0.717, 1.165) is 35.3 Å². The number of methoxy groups -OCH3 is 2. The van der Waals surface area contributed by atoms with E-state index in [9.17, 15) is 4.79 Å². The molecule has 1 atom stereocenters. The minimum atomic E-state index is -0.579. The topological polar surface area (TPSA) is 87.3 Å². The Morgan fingerprint density at radius 2 is 1.76 bits per heavy atom. The van der Waals surface area contributed by atoms with Crippen molar-refractivity contribution in [3.8, 4) is 17.2 Å². The van der Waals surface area contributed by atoms with Crippen LogP contribution in [0.25, 0.3) is 16.7 Å². The number of hydrogen-bond donors (Lipinski definition) is 0. The van der Waals surface area contributed by atoms with Crippen LogP contribution in [0.4, 0.5) is 0 Å². The van der Waals surface area contributed by atoms with Crippen molar-refractivity contribution in [2.45, 2.75) is 32.2 Å². The summed E-state index contributed by atoms with van der Waals surface area (Å²) in [4.78, 5) is 22.4. The number of benzene rings is 2. The second-order valence-corrected chi connectivity index (χ2v) is 8.86. The lowest BCUT2D eigenvalue weighted by atomic mass is 9.96. The molecule has 3 heterocycles. The lowest BCUT2D eigenvalue weighted by molar-refractivity contribution is 0.0599. The lowest BCUT2D eigenvalue weighted by Gasteiger charge is -2.35. The van der Waals surface area contributed by atoms with Gasteiger partial charge in [-0.3, -0.25) is 4.79 Å². The highest BCUT2D eigenvalue weighted by molar-refractivity contribution is 5.98. The molecule has 34 heavy (non-hydrogen) atoms. The van der Waals surface area contributed by atoms with Crippen LogP contribution in [-0.2, 0) is 12.6 Å². The van der Waals surface area contributed by atoms with E-state index in [0.29, 0.717) is 29.3 Å². The molecule has 1 aliphatic rings. The molecule has 2 aromatic heterocycles. The molecule has 4 aromatic rings. The Hall–Kier alpha value is -3.88. The molecule has 0 aliphatic carbocycles. The van der Waals surface area contributed by atoms with Crippen molar-refractivity contribution < 1.29 is 14.3 Å². The first-order chi connectivity index (χ1) is 16.4. The van der Waals surface area contributed by atoms with E-state index in [-0.39, 0.29) is 5.91 Å². The number of hydrogen-bond acceptors (Lipinski definition) is 6. The van der Waals surface area contributed by atoms with Gasteiger partial charge in [0.25, 0.3) is 5.91 Å². The number of nitrogens with zero attached hydrogens (tertiary/aromatic N) is 6. The molecule has 1 saturated heterocycles. The first kappa shape index (κ1) is 21.9. The van der Waals surface area contributed by atoms with Crippen LogP contribution in [0.1, 0.15) is 41.5 Å². The molecule has 0 spiro atoms. The first-order valence-corrected chi connectivity index (χ1v) is 11.3. The van der Waals surface area contributed by atoms with Gasteiger partial charge < -0.3 is 18.9 Å². The number of aromatic nitrogens is 5. The Kier molecular flexibility index (Phi) is 5.27. The van der Waals surface area contributed by atoms with Crippen molar-refractivity contribution in [3.05, 3.63) is 59.7 Å². The third-order valence-electron chi connectivity index (χ3n) is 6.77. The van der Waals surface area contributed by atoms with Crippen LogP contribution in [0.5, 0.6) is 11.5 Å². The summed E-state index contributed by atoms with van der Waals surface area (Å²) in [5.41, 5.74) is 3.38. The number of carbonyl (C=O) groups is 1. The van der Waals surface area contributed by atoms with E-state index in [1.54, 1.807) is 26.6 Å². The minimum Gasteiger partial charge on any atom is -0.493 e. The van der Waals surface area contributed by atoms with Crippen molar-refractivity contribution in [2.24, 2.45) is 7.05 Å². The van der Waals surface area contributed by atoms with Crippen LogP contribution < -0.4 is 9.47 Å². The second kappa shape index (κ2) is 8.16. The molecule has 1 fully saturated rings. The lowest BCUT2D eigenvalue weighted by Crippen LogP contribution is -2.44. The largest absolute Gasteiger partial charge is 0.493 e. The molecular formula is C25H28N6O3. The zero-order valence-corrected chi connectivity index (χ0v) is 20.1. The molecule has 0 saturated carbocycles. The van der Waals surface area contributed by atoms with Gasteiger partial charge in [-0.2, -0.15) is 15.0 Å². The predicted octanol–water partition coefficient (Wildman–Crippen LogP) is 3.63. The maximum atomic E-state index is 14.0. The van der Waals surface area contributed by atoms with Gasteiger partial charge in [0.1, 0.15) is 5.82 Å². The van der Waals surface area contributed by atoms with Gasteiger partial charge in [-0.05, 0) is 38.8 Å². The summed E-state index contributed by atoms with van der Waals surface area (Å²) >= 11 is 0. The maximum Gasteiger partial charge on any atom is 0.256 e. The molecule has 176 valence electrons. The third kappa shape index (κ3) is 3.30. The van der Waals surface area contributed by atoms with Gasteiger partial charge >= 0.3 is 0 Å². The van der Waals surface area contributed by atoms with Crippen LogP contribution in [0, 0.1) is 6.92 Å². The number of amides is 1. The monoisotopic (exact) mass is 460 g/mol. The average molecular weight is 461 g/mol. The van der Waals surface area contributed by atoms with E-state index in [1.165, 1.54) is 4.80 Å². The van der Waals surface area contributed by atoms with Crippen molar-refractivity contribution >= 4 is 16.9 Å². The fraction of sp³-hybridized carbons (Fsp3) is 0.360. The van der Waals surface area contributed by atoms with Gasteiger partial charge in [0, 0.05) is 25.7 Å². The van der Waals surface area contributed by atoms with Crippen LogP contribution in [0.2, 0.25) is 0 Å². The zero-order valence-electron chi connectivity index (χ0n) is 20.1. The van der Waals surface area contributed by atoms with Crippen molar-refractivity contribution in [1.29, 1.82) is 0 Å². The smallest absolute Gasteiger partial charge is 0.256 e. The van der Waals surface area contributed by atoms with Crippen molar-refractivity contribution in [1.82, 2.24) is 29.4 Å². The molecule has 0 unspecified atom stereocenters. The number of imidazole rings is 1. The molecule has 1 amide bonds. The van der Waals surface area contributed by atoms with E-state index in [4.69, 9.17) is 14.5 Å².